The maximum absolute atomic E-state index is 12.7. The van der Waals surface area contributed by atoms with Crippen LogP contribution in [0.3, 0.4) is 0 Å². The molecular weight excluding hydrogens is 505 g/mol. The predicted molar refractivity (Wildman–Crippen MR) is 135 cm³/mol. The summed E-state index contributed by atoms with van der Waals surface area (Å²) < 4.78 is 5.83. The van der Waals surface area contributed by atoms with E-state index in [0.717, 1.165) is 63.3 Å². The first-order valence-electron chi connectivity index (χ1n) is 11.6. The molecule has 2 N–H and O–H groups in total. The lowest BCUT2D eigenvalue weighted by Gasteiger charge is -2.21. The monoisotopic (exact) mass is 543 g/mol. The van der Waals surface area contributed by atoms with Crippen LogP contribution in [-0.2, 0) is 11.3 Å². The van der Waals surface area contributed by atoms with E-state index >= 15 is 0 Å². The summed E-state index contributed by atoms with van der Waals surface area (Å²) in [5, 5.41) is 6.84. The Morgan fingerprint density at radius 1 is 1.29 bits per heavy atom. The van der Waals surface area contributed by atoms with Crippen molar-refractivity contribution in [3.63, 3.8) is 0 Å². The smallest absolute Gasteiger partial charge is 0.225 e. The van der Waals surface area contributed by atoms with Gasteiger partial charge in [0.05, 0.1) is 13.2 Å². The molecule has 1 atom stereocenters. The highest BCUT2D eigenvalue weighted by Crippen LogP contribution is 2.27. The molecule has 1 saturated heterocycles. The zero-order valence-corrected chi connectivity index (χ0v) is 21.3. The first-order valence-corrected chi connectivity index (χ1v) is 11.6. The fraction of sp³-hybridized carbons (Fsp3) is 0.696. The van der Waals surface area contributed by atoms with Gasteiger partial charge in [-0.25, -0.2) is 9.98 Å². The number of halogens is 1. The Labute approximate surface area is 203 Å². The van der Waals surface area contributed by atoms with Crippen molar-refractivity contribution < 1.29 is 9.53 Å². The first-order chi connectivity index (χ1) is 14.7. The molecule has 1 amide bonds. The van der Waals surface area contributed by atoms with Crippen LogP contribution in [0, 0.1) is 5.92 Å². The Kier molecular flexibility index (Phi) is 11.4. The highest BCUT2D eigenvalue weighted by atomic mass is 127. The lowest BCUT2D eigenvalue weighted by Crippen LogP contribution is -2.45. The summed E-state index contributed by atoms with van der Waals surface area (Å²) in [5.74, 6) is 2.05. The number of hydrogen-bond acceptors (Lipinski definition) is 4. The van der Waals surface area contributed by atoms with E-state index in [1.807, 2.05) is 17.0 Å². The first kappa shape index (κ1) is 25.7. The van der Waals surface area contributed by atoms with Gasteiger partial charge in [-0.3, -0.25) is 4.79 Å². The second-order valence-corrected chi connectivity index (χ2v) is 8.26. The van der Waals surface area contributed by atoms with Crippen molar-refractivity contribution in [3.8, 4) is 5.88 Å². The number of carbonyl (C=O) groups is 1. The molecule has 7 nitrogen and oxygen atoms in total. The standard InChI is InChI=1S/C23H37N5O2.HI/c1-3-5-15-30-21-19(11-8-13-25-21)16-26-23(24-4-2)27-20-12-14-28(17-20)22(29)18-9-6-7-10-18;/h8,11,13,18,20H,3-7,9-10,12,14-17H2,1-2H3,(H2,24,26,27);1H. The van der Waals surface area contributed by atoms with E-state index in [0.29, 0.717) is 24.9 Å². The molecule has 1 saturated carbocycles. The molecule has 0 aromatic carbocycles. The average Bonchev–Trinajstić information content (AvgIpc) is 3.45. The summed E-state index contributed by atoms with van der Waals surface area (Å²) in [7, 11) is 0. The van der Waals surface area contributed by atoms with E-state index in [9.17, 15) is 4.79 Å². The van der Waals surface area contributed by atoms with Crippen molar-refractivity contribution in [3.05, 3.63) is 23.9 Å². The van der Waals surface area contributed by atoms with Crippen LogP contribution in [0.1, 0.15) is 64.4 Å². The van der Waals surface area contributed by atoms with Gasteiger partial charge < -0.3 is 20.3 Å². The van der Waals surface area contributed by atoms with Crippen molar-refractivity contribution in [1.82, 2.24) is 20.5 Å². The van der Waals surface area contributed by atoms with Gasteiger partial charge in [0.15, 0.2) is 5.96 Å². The SMILES string of the molecule is CCCCOc1ncccc1CN=C(NCC)NC1CCN(C(=O)C2CCCC2)C1.I. The van der Waals surface area contributed by atoms with Gasteiger partial charge in [0.1, 0.15) is 0 Å². The highest BCUT2D eigenvalue weighted by Gasteiger charge is 2.32. The number of rotatable bonds is 9. The van der Waals surface area contributed by atoms with Crippen molar-refractivity contribution in [2.75, 3.05) is 26.2 Å². The molecule has 31 heavy (non-hydrogen) atoms. The highest BCUT2D eigenvalue weighted by molar-refractivity contribution is 14.0. The van der Waals surface area contributed by atoms with Crippen molar-refractivity contribution >= 4 is 35.8 Å². The van der Waals surface area contributed by atoms with Gasteiger partial charge in [-0.05, 0) is 38.7 Å². The molecule has 3 rings (SSSR count). The zero-order valence-electron chi connectivity index (χ0n) is 18.9. The number of aromatic nitrogens is 1. The number of ether oxygens (including phenoxy) is 1. The molecule has 2 aliphatic rings. The quantitative estimate of drug-likeness (QED) is 0.215. The molecule has 2 fully saturated rings. The Morgan fingerprint density at radius 3 is 2.84 bits per heavy atom. The molecule has 2 heterocycles. The topological polar surface area (TPSA) is 78.9 Å². The van der Waals surface area contributed by atoms with Gasteiger partial charge in [0.25, 0.3) is 0 Å². The fourth-order valence-electron chi connectivity index (χ4n) is 4.17. The number of nitrogens with zero attached hydrogens (tertiary/aromatic N) is 3. The fourth-order valence-corrected chi connectivity index (χ4v) is 4.17. The summed E-state index contributed by atoms with van der Waals surface area (Å²) in [4.78, 5) is 23.9. The van der Waals surface area contributed by atoms with Gasteiger partial charge in [0, 0.05) is 43.4 Å². The summed E-state index contributed by atoms with van der Waals surface area (Å²) in [6, 6.07) is 4.17. The van der Waals surface area contributed by atoms with E-state index < -0.39 is 0 Å². The van der Waals surface area contributed by atoms with E-state index in [1.165, 1.54) is 12.8 Å². The third kappa shape index (κ3) is 7.80. The largest absolute Gasteiger partial charge is 0.477 e. The normalized spacial score (nSPS) is 19.2. The van der Waals surface area contributed by atoms with Gasteiger partial charge in [-0.1, -0.05) is 32.3 Å². The summed E-state index contributed by atoms with van der Waals surface area (Å²) in [5.41, 5.74) is 0.982. The Bertz CT molecular complexity index is 709. The number of pyridine rings is 1. The predicted octanol–water partition coefficient (Wildman–Crippen LogP) is 3.72. The van der Waals surface area contributed by atoms with Crippen molar-refractivity contribution in [2.24, 2.45) is 10.9 Å². The summed E-state index contributed by atoms with van der Waals surface area (Å²) in [6.45, 7) is 7.77. The number of carbonyl (C=O) groups excluding carboxylic acids is 1. The molecule has 1 aliphatic carbocycles. The van der Waals surface area contributed by atoms with Crippen LogP contribution in [0.5, 0.6) is 5.88 Å². The second kappa shape index (κ2) is 13.8. The van der Waals surface area contributed by atoms with E-state index in [-0.39, 0.29) is 35.9 Å². The lowest BCUT2D eigenvalue weighted by atomic mass is 10.1. The summed E-state index contributed by atoms with van der Waals surface area (Å²) >= 11 is 0. The average molecular weight is 543 g/mol. The van der Waals surface area contributed by atoms with Crippen LogP contribution >= 0.6 is 24.0 Å². The zero-order chi connectivity index (χ0) is 21.2. The number of amides is 1. The minimum absolute atomic E-state index is 0. The van der Waals surface area contributed by atoms with Gasteiger partial charge >= 0.3 is 0 Å². The molecule has 1 unspecified atom stereocenters. The molecule has 1 aromatic heterocycles. The van der Waals surface area contributed by atoms with Crippen LogP contribution in [0.25, 0.3) is 0 Å². The van der Waals surface area contributed by atoms with Gasteiger partial charge in [-0.2, -0.15) is 0 Å². The molecule has 8 heteroatoms. The van der Waals surface area contributed by atoms with Crippen molar-refractivity contribution in [1.29, 1.82) is 0 Å². The molecule has 1 aromatic rings. The van der Waals surface area contributed by atoms with Gasteiger partial charge in [-0.15, -0.1) is 24.0 Å². The number of nitrogens with one attached hydrogen (secondary N) is 2. The number of guanidine groups is 1. The second-order valence-electron chi connectivity index (χ2n) is 8.26. The lowest BCUT2D eigenvalue weighted by molar-refractivity contribution is -0.134. The number of likely N-dealkylation sites (tertiary alicyclic amines) is 1. The molecule has 174 valence electrons. The minimum atomic E-state index is 0. The molecule has 0 bridgehead atoms. The Balaban J connectivity index is 0.00000341. The van der Waals surface area contributed by atoms with E-state index in [4.69, 9.17) is 9.73 Å². The van der Waals surface area contributed by atoms with E-state index in [1.54, 1.807) is 6.20 Å². The molecule has 0 spiro atoms. The summed E-state index contributed by atoms with van der Waals surface area (Å²) in [6.07, 6.45) is 9.34. The van der Waals surface area contributed by atoms with Gasteiger partial charge in [0.2, 0.25) is 11.8 Å². The number of aliphatic imine (C=N–C) groups is 1. The third-order valence-electron chi connectivity index (χ3n) is 5.88. The van der Waals surface area contributed by atoms with Crippen molar-refractivity contribution in [2.45, 2.75) is 71.4 Å². The van der Waals surface area contributed by atoms with E-state index in [2.05, 4.69) is 29.5 Å². The Hall–Kier alpha value is -1.58. The van der Waals surface area contributed by atoms with Crippen LogP contribution in [0.15, 0.2) is 23.3 Å². The Morgan fingerprint density at radius 2 is 2.10 bits per heavy atom. The van der Waals surface area contributed by atoms with Crippen LogP contribution < -0.4 is 15.4 Å². The maximum Gasteiger partial charge on any atom is 0.225 e. The molecule has 0 radical (unpaired) electrons. The van der Waals surface area contributed by atoms with Crippen LogP contribution in [0.2, 0.25) is 0 Å². The third-order valence-corrected chi connectivity index (χ3v) is 5.88. The minimum Gasteiger partial charge on any atom is -0.477 e. The molecular formula is C23H38IN5O2. The van der Waals surface area contributed by atoms with Crippen LogP contribution in [-0.4, -0.2) is 54.0 Å². The molecule has 1 aliphatic heterocycles. The maximum atomic E-state index is 12.7. The number of unbranched alkanes of at least 4 members (excludes halogenated alkanes) is 1. The number of hydrogen-bond donors (Lipinski definition) is 2. The van der Waals surface area contributed by atoms with Crippen LogP contribution in [0.4, 0.5) is 0 Å².